The number of nitrogens with two attached hydrogens (primary N) is 1. The van der Waals surface area contributed by atoms with E-state index >= 15 is 0 Å². The topological polar surface area (TPSA) is 30.9 Å². The van der Waals surface area contributed by atoms with Crippen molar-refractivity contribution < 1.29 is 4.39 Å². The summed E-state index contributed by atoms with van der Waals surface area (Å²) in [7, 11) is 1.69. The van der Waals surface area contributed by atoms with Crippen LogP contribution in [0.5, 0.6) is 0 Å². The van der Waals surface area contributed by atoms with E-state index in [-0.39, 0.29) is 5.82 Å². The van der Waals surface area contributed by atoms with Crippen molar-refractivity contribution in [2.24, 2.45) is 7.05 Å². The van der Waals surface area contributed by atoms with Gasteiger partial charge in [0.25, 0.3) is 0 Å². The lowest BCUT2D eigenvalue weighted by molar-refractivity contribution is 0.625. The fraction of sp³-hybridized carbons (Fsp3) is 0.200. The smallest absolute Gasteiger partial charge is 0.143 e. The molecule has 0 bridgehead atoms. The van der Waals surface area contributed by atoms with Crippen molar-refractivity contribution in [3.05, 3.63) is 18.1 Å². The number of anilines is 1. The Hall–Kier alpha value is -0.990. The number of halogens is 1. The zero-order valence-electron chi connectivity index (χ0n) is 4.56. The van der Waals surface area contributed by atoms with E-state index in [0.29, 0.717) is 5.82 Å². The fourth-order valence-corrected chi connectivity index (χ4v) is 0.540. The number of aryl methyl sites for hydroxylation is 1. The molecule has 0 aliphatic carbocycles. The van der Waals surface area contributed by atoms with E-state index in [4.69, 9.17) is 5.73 Å². The van der Waals surface area contributed by atoms with Gasteiger partial charge in [-0.15, -0.1) is 0 Å². The quantitative estimate of drug-likeness (QED) is 0.530. The first-order chi connectivity index (χ1) is 3.70. The lowest BCUT2D eigenvalue weighted by Crippen LogP contribution is -1.92. The molecule has 0 aromatic carbocycles. The number of nitrogens with zero attached hydrogens (tertiary/aromatic N) is 1. The maximum absolute atomic E-state index is 12.1. The molecule has 0 amide bonds. The predicted molar refractivity (Wildman–Crippen MR) is 29.8 cm³/mol. The van der Waals surface area contributed by atoms with Gasteiger partial charge in [0.05, 0.1) is 0 Å². The monoisotopic (exact) mass is 114 g/mol. The van der Waals surface area contributed by atoms with Crippen molar-refractivity contribution in [1.29, 1.82) is 0 Å². The molecule has 1 aromatic rings. The highest BCUT2D eigenvalue weighted by molar-refractivity contribution is 5.30. The van der Waals surface area contributed by atoms with Gasteiger partial charge in [-0.2, -0.15) is 0 Å². The fourth-order valence-electron chi connectivity index (χ4n) is 0.540. The number of aromatic nitrogens is 1. The maximum Gasteiger partial charge on any atom is 0.143 e. The number of rotatable bonds is 0. The molecular formula is C5H7FN2. The van der Waals surface area contributed by atoms with Gasteiger partial charge in [-0.05, 0) is 0 Å². The lowest BCUT2D eigenvalue weighted by Gasteiger charge is -1.89. The predicted octanol–water partition coefficient (Wildman–Crippen LogP) is 0.746. The molecule has 0 radical (unpaired) electrons. The highest BCUT2D eigenvalue weighted by Crippen LogP contribution is 2.04. The van der Waals surface area contributed by atoms with Crippen LogP contribution in [0.3, 0.4) is 0 Å². The lowest BCUT2D eigenvalue weighted by atomic mass is 10.6. The summed E-state index contributed by atoms with van der Waals surface area (Å²) < 4.78 is 13.6. The Bertz CT molecular complexity index is 173. The van der Waals surface area contributed by atoms with Crippen molar-refractivity contribution >= 4 is 5.82 Å². The van der Waals surface area contributed by atoms with Gasteiger partial charge < -0.3 is 10.3 Å². The zero-order valence-corrected chi connectivity index (χ0v) is 4.56. The summed E-state index contributed by atoms with van der Waals surface area (Å²) in [6.07, 6.45) is 1.33. The molecule has 2 nitrogen and oxygen atoms in total. The minimum atomic E-state index is -0.287. The van der Waals surface area contributed by atoms with Crippen LogP contribution < -0.4 is 5.73 Å². The minimum absolute atomic E-state index is 0.287. The molecule has 0 aliphatic heterocycles. The Morgan fingerprint density at radius 3 is 2.50 bits per heavy atom. The summed E-state index contributed by atoms with van der Waals surface area (Å²) in [6, 6.07) is 1.28. The minimum Gasteiger partial charge on any atom is -0.385 e. The molecule has 1 heterocycles. The Kier molecular flexibility index (Phi) is 0.970. The third-order valence-corrected chi connectivity index (χ3v) is 1.01. The van der Waals surface area contributed by atoms with Crippen LogP contribution in [0.2, 0.25) is 0 Å². The molecule has 0 saturated carbocycles. The van der Waals surface area contributed by atoms with Crippen LogP contribution in [0.1, 0.15) is 0 Å². The molecule has 3 heteroatoms. The Labute approximate surface area is 46.7 Å². The van der Waals surface area contributed by atoms with Crippen molar-refractivity contribution in [3.8, 4) is 0 Å². The van der Waals surface area contributed by atoms with E-state index in [9.17, 15) is 4.39 Å². The summed E-state index contributed by atoms with van der Waals surface area (Å²) in [5.41, 5.74) is 5.26. The van der Waals surface area contributed by atoms with Crippen molar-refractivity contribution in [2.75, 3.05) is 5.73 Å². The van der Waals surface area contributed by atoms with Crippen LogP contribution in [0, 0.1) is 5.82 Å². The average molecular weight is 114 g/mol. The summed E-state index contributed by atoms with van der Waals surface area (Å²) in [4.78, 5) is 0. The molecule has 0 spiro atoms. The highest BCUT2D eigenvalue weighted by Gasteiger charge is 1.94. The van der Waals surface area contributed by atoms with Crippen LogP contribution in [0.15, 0.2) is 12.3 Å². The molecule has 8 heavy (non-hydrogen) atoms. The van der Waals surface area contributed by atoms with E-state index in [1.54, 1.807) is 7.05 Å². The third kappa shape index (κ3) is 0.665. The van der Waals surface area contributed by atoms with E-state index in [1.807, 2.05) is 0 Å². The number of hydrogen-bond acceptors (Lipinski definition) is 1. The van der Waals surface area contributed by atoms with Gasteiger partial charge in [-0.1, -0.05) is 0 Å². The average Bonchev–Trinajstić information content (AvgIpc) is 1.85. The van der Waals surface area contributed by atoms with Crippen molar-refractivity contribution in [3.63, 3.8) is 0 Å². The maximum atomic E-state index is 12.1. The SMILES string of the molecule is Cn1cc(F)cc1N. The van der Waals surface area contributed by atoms with E-state index in [1.165, 1.54) is 16.8 Å². The van der Waals surface area contributed by atoms with Gasteiger partial charge in [0, 0.05) is 19.3 Å². The highest BCUT2D eigenvalue weighted by atomic mass is 19.1. The molecule has 2 N–H and O–H groups in total. The Morgan fingerprint density at radius 2 is 2.38 bits per heavy atom. The zero-order chi connectivity index (χ0) is 6.15. The largest absolute Gasteiger partial charge is 0.385 e. The van der Waals surface area contributed by atoms with Crippen molar-refractivity contribution in [2.45, 2.75) is 0 Å². The molecule has 0 atom stereocenters. The standard InChI is InChI=1S/C5H7FN2/c1-8-3-4(6)2-5(8)7/h2-3H,7H2,1H3. The molecular weight excluding hydrogens is 107 g/mol. The van der Waals surface area contributed by atoms with Gasteiger partial charge in [0.1, 0.15) is 11.6 Å². The third-order valence-electron chi connectivity index (χ3n) is 1.01. The van der Waals surface area contributed by atoms with E-state index < -0.39 is 0 Å². The second-order valence-electron chi connectivity index (χ2n) is 1.69. The second kappa shape index (κ2) is 1.51. The van der Waals surface area contributed by atoms with Gasteiger partial charge in [-0.25, -0.2) is 4.39 Å². The first-order valence-electron chi connectivity index (χ1n) is 2.27. The molecule has 1 rings (SSSR count). The van der Waals surface area contributed by atoms with Crippen LogP contribution in [-0.4, -0.2) is 4.57 Å². The van der Waals surface area contributed by atoms with Crippen LogP contribution >= 0.6 is 0 Å². The van der Waals surface area contributed by atoms with Crippen LogP contribution in [-0.2, 0) is 7.05 Å². The summed E-state index contributed by atoms with van der Waals surface area (Å²) in [6.45, 7) is 0. The van der Waals surface area contributed by atoms with Crippen LogP contribution in [0.25, 0.3) is 0 Å². The molecule has 0 unspecified atom stereocenters. The van der Waals surface area contributed by atoms with Gasteiger partial charge in [0.15, 0.2) is 0 Å². The Morgan fingerprint density at radius 1 is 1.75 bits per heavy atom. The summed E-state index contributed by atoms with van der Waals surface area (Å²) in [5, 5.41) is 0. The van der Waals surface area contributed by atoms with E-state index in [0.717, 1.165) is 0 Å². The number of nitrogen functional groups attached to an aromatic ring is 1. The summed E-state index contributed by atoms with van der Waals surface area (Å²) >= 11 is 0. The first-order valence-corrected chi connectivity index (χ1v) is 2.27. The van der Waals surface area contributed by atoms with Gasteiger partial charge >= 0.3 is 0 Å². The van der Waals surface area contributed by atoms with Crippen molar-refractivity contribution in [1.82, 2.24) is 4.57 Å². The number of hydrogen-bond donors (Lipinski definition) is 1. The van der Waals surface area contributed by atoms with E-state index in [2.05, 4.69) is 0 Å². The van der Waals surface area contributed by atoms with Gasteiger partial charge in [0.2, 0.25) is 0 Å². The van der Waals surface area contributed by atoms with Crippen LogP contribution in [0.4, 0.5) is 10.2 Å². The molecule has 0 fully saturated rings. The first kappa shape index (κ1) is 5.15. The molecule has 1 aromatic heterocycles. The second-order valence-corrected chi connectivity index (χ2v) is 1.69. The molecule has 0 aliphatic rings. The Balaban J connectivity index is 3.14. The molecule has 44 valence electrons. The normalized spacial score (nSPS) is 9.75. The molecule has 0 saturated heterocycles. The van der Waals surface area contributed by atoms with Gasteiger partial charge in [-0.3, -0.25) is 0 Å². The summed E-state index contributed by atoms with van der Waals surface area (Å²) in [5.74, 6) is 0.160.